The van der Waals surface area contributed by atoms with Crippen LogP contribution in [0.4, 0.5) is 0 Å². The van der Waals surface area contributed by atoms with Crippen molar-refractivity contribution in [2.75, 3.05) is 20.3 Å². The number of methoxy groups -OCH3 is 1. The molecule has 1 aromatic carbocycles. The van der Waals surface area contributed by atoms with E-state index in [4.69, 9.17) is 13.9 Å². The third-order valence-corrected chi connectivity index (χ3v) is 6.38. The topological polar surface area (TPSA) is 131 Å². The van der Waals surface area contributed by atoms with Crippen molar-refractivity contribution < 1.29 is 28.6 Å². The fourth-order valence-electron chi connectivity index (χ4n) is 3.11. The van der Waals surface area contributed by atoms with E-state index in [1.165, 1.54) is 24.3 Å². The van der Waals surface area contributed by atoms with Gasteiger partial charge in [0, 0.05) is 12.6 Å². The van der Waals surface area contributed by atoms with Gasteiger partial charge in [-0.2, -0.15) is 5.10 Å². The Labute approximate surface area is 195 Å². The zero-order valence-electron chi connectivity index (χ0n) is 17.7. The predicted molar refractivity (Wildman–Crippen MR) is 124 cm³/mol. The number of aryl methyl sites for hydroxylation is 1. The van der Waals surface area contributed by atoms with Crippen molar-refractivity contribution in [2.24, 2.45) is 10.2 Å². The highest BCUT2D eigenvalue weighted by molar-refractivity contribution is 9.10. The van der Waals surface area contributed by atoms with Crippen LogP contribution in [0.1, 0.15) is 25.2 Å². The number of halogens is 1. The number of hydrogen-bond acceptors (Lipinski definition) is 10. The molecule has 2 heterocycles. The van der Waals surface area contributed by atoms with E-state index in [1.807, 2.05) is 0 Å². The van der Waals surface area contributed by atoms with E-state index in [2.05, 4.69) is 26.1 Å². The van der Waals surface area contributed by atoms with Crippen LogP contribution in [0, 0.1) is 6.92 Å². The van der Waals surface area contributed by atoms with Crippen molar-refractivity contribution in [1.29, 1.82) is 0 Å². The van der Waals surface area contributed by atoms with Gasteiger partial charge in [-0.15, -0.1) is 5.10 Å². The van der Waals surface area contributed by atoms with E-state index >= 15 is 0 Å². The number of esters is 1. The lowest BCUT2D eigenvalue weighted by molar-refractivity contribution is -0.146. The summed E-state index contributed by atoms with van der Waals surface area (Å²) in [5.41, 5.74) is -0.125. The molecule has 170 valence electrons. The average Bonchev–Trinajstić information content (AvgIpc) is 3.07. The Balaban J connectivity index is 2.04. The van der Waals surface area contributed by atoms with Crippen LogP contribution < -0.4 is 10.2 Å². The molecule has 1 aliphatic heterocycles. The average molecular weight is 526 g/mol. The van der Waals surface area contributed by atoms with Crippen LogP contribution in [-0.4, -0.2) is 58.8 Å². The highest BCUT2D eigenvalue weighted by Gasteiger charge is 2.43. The monoisotopic (exact) mass is 525 g/mol. The molecule has 1 amide bonds. The number of amidine groups is 1. The molecule has 1 fully saturated rings. The first kappa shape index (κ1) is 23.8. The molecule has 2 aromatic rings. The number of rotatable bonds is 6. The molecule has 32 heavy (non-hydrogen) atoms. The van der Waals surface area contributed by atoms with Gasteiger partial charge in [-0.3, -0.25) is 19.3 Å². The molecule has 0 bridgehead atoms. The lowest BCUT2D eigenvalue weighted by Crippen LogP contribution is -2.35. The Hall–Kier alpha value is -2.86. The number of ether oxygens (including phenoxy) is 2. The summed E-state index contributed by atoms with van der Waals surface area (Å²) in [6, 6.07) is 1.31. The second kappa shape index (κ2) is 9.74. The van der Waals surface area contributed by atoms with E-state index in [0.29, 0.717) is 5.76 Å². The first-order chi connectivity index (χ1) is 15.2. The Morgan fingerprint density at radius 3 is 2.75 bits per heavy atom. The second-order valence-electron chi connectivity index (χ2n) is 6.49. The summed E-state index contributed by atoms with van der Waals surface area (Å²) in [4.78, 5) is 38.4. The molecule has 10 nitrogen and oxygen atoms in total. The highest BCUT2D eigenvalue weighted by atomic mass is 79.9. The van der Waals surface area contributed by atoms with Gasteiger partial charge in [-0.1, -0.05) is 11.8 Å². The predicted octanol–water partition coefficient (Wildman–Crippen LogP) is 2.80. The van der Waals surface area contributed by atoms with Crippen molar-refractivity contribution in [1.82, 2.24) is 4.90 Å². The summed E-state index contributed by atoms with van der Waals surface area (Å²) < 4.78 is 16.0. The first-order valence-corrected chi connectivity index (χ1v) is 11.2. The maximum Gasteiger partial charge on any atom is 0.329 e. The zero-order chi connectivity index (χ0) is 23.6. The van der Waals surface area contributed by atoms with Gasteiger partial charge in [0.05, 0.1) is 25.5 Å². The minimum atomic E-state index is -1.05. The number of phenols is 1. The van der Waals surface area contributed by atoms with Gasteiger partial charge in [-0.05, 0) is 36.7 Å². The molecule has 1 N–H and O–H groups in total. The molecule has 1 aliphatic rings. The van der Waals surface area contributed by atoms with Gasteiger partial charge in [0.25, 0.3) is 5.91 Å². The third-order valence-electron chi connectivity index (χ3n) is 4.50. The number of carbonyl (C=O) groups is 2. The number of phenolic OH excluding ortho intramolecular Hbond substituents is 1. The molecule has 3 rings (SSSR count). The normalized spacial score (nSPS) is 17.7. The second-order valence-corrected chi connectivity index (χ2v) is 8.36. The molecular formula is C20H20BrN3O7S. The van der Waals surface area contributed by atoms with Crippen LogP contribution in [0.5, 0.6) is 11.5 Å². The number of amides is 1. The standard InChI is InChI=1S/C20H20BrN3O7S/c1-5-24-18(27)17(19(28)30-6-2)32-20(24)23-22-8-10-14(26)13(21)16-12(15(10)29-4)11(25)7-9(3)31-16/h7-8,17,26H,5-6H2,1-4H3/b22-8+,23-20-. The molecule has 12 heteroatoms. The Morgan fingerprint density at radius 2 is 2.12 bits per heavy atom. The van der Waals surface area contributed by atoms with Crippen LogP contribution in [0.25, 0.3) is 11.0 Å². The summed E-state index contributed by atoms with van der Waals surface area (Å²) in [5, 5.41) is 17.9. The van der Waals surface area contributed by atoms with Crippen LogP contribution in [0.3, 0.4) is 0 Å². The minimum absolute atomic E-state index is 0.0605. The Bertz CT molecular complexity index is 1210. The molecule has 1 aromatic heterocycles. The van der Waals surface area contributed by atoms with Gasteiger partial charge < -0.3 is 19.0 Å². The van der Waals surface area contributed by atoms with E-state index in [9.17, 15) is 19.5 Å². The van der Waals surface area contributed by atoms with Crippen LogP contribution in [0.15, 0.2) is 30.0 Å². The van der Waals surface area contributed by atoms with E-state index < -0.39 is 17.1 Å². The molecule has 1 unspecified atom stereocenters. The number of benzene rings is 1. The summed E-state index contributed by atoms with van der Waals surface area (Å²) in [5.74, 6) is -0.915. The highest BCUT2D eigenvalue weighted by Crippen LogP contribution is 2.41. The van der Waals surface area contributed by atoms with E-state index in [1.54, 1.807) is 20.8 Å². The third kappa shape index (κ3) is 4.24. The SMILES string of the molecule is CCOC(=O)C1S/C(=N\N=C\c2c(O)c(Br)c3oc(C)cc(=O)c3c2OC)N(CC)C1=O. The maximum atomic E-state index is 12.5. The van der Waals surface area contributed by atoms with Crippen molar-refractivity contribution in [3.63, 3.8) is 0 Å². The Morgan fingerprint density at radius 1 is 1.41 bits per heavy atom. The number of aromatic hydroxyl groups is 1. The summed E-state index contributed by atoms with van der Waals surface area (Å²) >= 11 is 4.17. The quantitative estimate of drug-likeness (QED) is 0.263. The summed E-state index contributed by atoms with van der Waals surface area (Å²) in [7, 11) is 1.35. The Kier molecular flexibility index (Phi) is 7.24. The van der Waals surface area contributed by atoms with Gasteiger partial charge in [0.2, 0.25) is 0 Å². The lowest BCUT2D eigenvalue weighted by Gasteiger charge is -2.13. The molecule has 0 radical (unpaired) electrons. The van der Waals surface area contributed by atoms with Crippen LogP contribution >= 0.6 is 27.7 Å². The van der Waals surface area contributed by atoms with E-state index in [-0.39, 0.29) is 56.3 Å². The molecule has 1 atom stereocenters. The number of fused-ring (bicyclic) bond motifs is 1. The van der Waals surface area contributed by atoms with Crippen LogP contribution in [0.2, 0.25) is 0 Å². The van der Waals surface area contributed by atoms with E-state index in [0.717, 1.165) is 11.8 Å². The van der Waals surface area contributed by atoms with Gasteiger partial charge >= 0.3 is 5.97 Å². The van der Waals surface area contributed by atoms with Crippen molar-refractivity contribution in [2.45, 2.75) is 26.0 Å². The van der Waals surface area contributed by atoms with Crippen LogP contribution in [-0.2, 0) is 14.3 Å². The molecular weight excluding hydrogens is 506 g/mol. The van der Waals surface area contributed by atoms with Gasteiger partial charge in [0.1, 0.15) is 27.1 Å². The summed E-state index contributed by atoms with van der Waals surface area (Å²) in [6.45, 7) is 5.45. The molecule has 0 aliphatic carbocycles. The first-order valence-electron chi connectivity index (χ1n) is 9.53. The summed E-state index contributed by atoms with van der Waals surface area (Å²) in [6.07, 6.45) is 1.20. The number of thioether (sulfide) groups is 1. The van der Waals surface area contributed by atoms with Crippen molar-refractivity contribution in [3.05, 3.63) is 32.1 Å². The lowest BCUT2D eigenvalue weighted by atomic mass is 10.1. The number of carbonyl (C=O) groups excluding carboxylic acids is 2. The molecule has 0 spiro atoms. The maximum absolute atomic E-state index is 12.5. The minimum Gasteiger partial charge on any atom is -0.506 e. The fraction of sp³-hybridized carbons (Fsp3) is 0.350. The van der Waals surface area contributed by atoms with Crippen molar-refractivity contribution >= 4 is 61.9 Å². The van der Waals surface area contributed by atoms with Gasteiger partial charge in [0.15, 0.2) is 21.4 Å². The van der Waals surface area contributed by atoms with Gasteiger partial charge in [-0.25, -0.2) is 0 Å². The zero-order valence-corrected chi connectivity index (χ0v) is 20.1. The molecule has 1 saturated heterocycles. The number of nitrogens with zero attached hydrogens (tertiary/aromatic N) is 3. The molecule has 0 saturated carbocycles. The largest absolute Gasteiger partial charge is 0.506 e. The number of hydrogen-bond donors (Lipinski definition) is 1. The fourth-order valence-corrected chi connectivity index (χ4v) is 4.64. The smallest absolute Gasteiger partial charge is 0.329 e. The van der Waals surface area contributed by atoms with Crippen molar-refractivity contribution in [3.8, 4) is 11.5 Å².